The molecule has 2 heteroatoms. The first-order valence-corrected chi connectivity index (χ1v) is 7.11. The Labute approximate surface area is 101 Å². The number of rotatable bonds is 6. The van der Waals surface area contributed by atoms with Gasteiger partial charge < -0.3 is 11.1 Å². The van der Waals surface area contributed by atoms with Crippen molar-refractivity contribution in [3.63, 3.8) is 0 Å². The highest BCUT2D eigenvalue weighted by molar-refractivity contribution is 4.94. The minimum absolute atomic E-state index is 0.250. The Morgan fingerprint density at radius 3 is 2.56 bits per heavy atom. The molecule has 0 aromatic heterocycles. The molecule has 1 aliphatic carbocycles. The molecule has 2 nitrogen and oxygen atoms in total. The SMILES string of the molecule is CCC(CC)CNC1(CN)CCCC(C)C1. The van der Waals surface area contributed by atoms with Gasteiger partial charge in [-0.1, -0.05) is 46.5 Å². The zero-order chi connectivity index (χ0) is 12.0. The zero-order valence-electron chi connectivity index (χ0n) is 11.4. The molecule has 96 valence electrons. The normalized spacial score (nSPS) is 30.9. The van der Waals surface area contributed by atoms with E-state index in [1.165, 1.54) is 38.5 Å². The van der Waals surface area contributed by atoms with Crippen molar-refractivity contribution in [3.8, 4) is 0 Å². The van der Waals surface area contributed by atoms with Crippen LogP contribution >= 0.6 is 0 Å². The second kappa shape index (κ2) is 6.61. The first kappa shape index (κ1) is 14.0. The summed E-state index contributed by atoms with van der Waals surface area (Å²) in [5, 5.41) is 3.79. The van der Waals surface area contributed by atoms with Crippen LogP contribution in [0.3, 0.4) is 0 Å². The molecule has 1 aliphatic rings. The average Bonchev–Trinajstić information content (AvgIpc) is 2.30. The minimum Gasteiger partial charge on any atom is -0.329 e. The molecule has 16 heavy (non-hydrogen) atoms. The van der Waals surface area contributed by atoms with Crippen molar-refractivity contribution in [2.24, 2.45) is 17.6 Å². The molecule has 3 N–H and O–H groups in total. The molecule has 0 radical (unpaired) electrons. The predicted molar refractivity (Wildman–Crippen MR) is 71.5 cm³/mol. The fraction of sp³-hybridized carbons (Fsp3) is 1.00. The smallest absolute Gasteiger partial charge is 0.0306 e. The summed E-state index contributed by atoms with van der Waals surface area (Å²) in [5.41, 5.74) is 6.26. The van der Waals surface area contributed by atoms with Gasteiger partial charge in [0.15, 0.2) is 0 Å². The molecule has 1 fully saturated rings. The van der Waals surface area contributed by atoms with Crippen LogP contribution in [0.15, 0.2) is 0 Å². The van der Waals surface area contributed by atoms with Crippen molar-refractivity contribution in [1.82, 2.24) is 5.32 Å². The fourth-order valence-corrected chi connectivity index (χ4v) is 3.02. The maximum Gasteiger partial charge on any atom is 0.0306 e. The monoisotopic (exact) mass is 226 g/mol. The lowest BCUT2D eigenvalue weighted by atomic mass is 9.76. The molecule has 0 aromatic carbocycles. The maximum absolute atomic E-state index is 6.01. The number of hydrogen-bond donors (Lipinski definition) is 2. The van der Waals surface area contributed by atoms with E-state index in [9.17, 15) is 0 Å². The van der Waals surface area contributed by atoms with Crippen molar-refractivity contribution in [3.05, 3.63) is 0 Å². The highest BCUT2D eigenvalue weighted by Gasteiger charge is 2.33. The van der Waals surface area contributed by atoms with Gasteiger partial charge in [0.25, 0.3) is 0 Å². The van der Waals surface area contributed by atoms with E-state index in [1.54, 1.807) is 0 Å². The van der Waals surface area contributed by atoms with E-state index in [-0.39, 0.29) is 5.54 Å². The van der Waals surface area contributed by atoms with Gasteiger partial charge in [-0.05, 0) is 31.2 Å². The van der Waals surface area contributed by atoms with Gasteiger partial charge in [0.05, 0.1) is 0 Å². The first-order chi connectivity index (χ1) is 7.65. The molecule has 0 bridgehead atoms. The van der Waals surface area contributed by atoms with Crippen LogP contribution in [0, 0.1) is 11.8 Å². The summed E-state index contributed by atoms with van der Waals surface area (Å²) in [5.74, 6) is 1.66. The van der Waals surface area contributed by atoms with Gasteiger partial charge in [0.1, 0.15) is 0 Å². The molecule has 2 unspecified atom stereocenters. The Bertz CT molecular complexity index is 189. The topological polar surface area (TPSA) is 38.0 Å². The predicted octanol–water partition coefficient (Wildman–Crippen LogP) is 2.92. The summed E-state index contributed by atoms with van der Waals surface area (Å²) in [6.45, 7) is 8.89. The lowest BCUT2D eigenvalue weighted by Gasteiger charge is -2.41. The van der Waals surface area contributed by atoms with Gasteiger partial charge >= 0.3 is 0 Å². The standard InChI is InChI=1S/C14H30N2/c1-4-13(5-2)10-16-14(11-15)8-6-7-12(3)9-14/h12-13,16H,4-11,15H2,1-3H3. The molecule has 0 spiro atoms. The summed E-state index contributed by atoms with van der Waals surface area (Å²) < 4.78 is 0. The molecule has 2 atom stereocenters. The molecular formula is C14H30N2. The average molecular weight is 226 g/mol. The number of hydrogen-bond acceptors (Lipinski definition) is 2. The van der Waals surface area contributed by atoms with Crippen LogP contribution in [0.25, 0.3) is 0 Å². The van der Waals surface area contributed by atoms with Crippen LogP contribution in [-0.2, 0) is 0 Å². The van der Waals surface area contributed by atoms with Gasteiger partial charge in [-0.2, -0.15) is 0 Å². The summed E-state index contributed by atoms with van der Waals surface area (Å²) in [6, 6.07) is 0. The van der Waals surface area contributed by atoms with Gasteiger partial charge in [-0.15, -0.1) is 0 Å². The maximum atomic E-state index is 6.01. The van der Waals surface area contributed by atoms with Crippen molar-refractivity contribution in [2.45, 2.75) is 64.8 Å². The van der Waals surface area contributed by atoms with Crippen molar-refractivity contribution in [1.29, 1.82) is 0 Å². The summed E-state index contributed by atoms with van der Waals surface area (Å²) in [7, 11) is 0. The Hall–Kier alpha value is -0.0800. The Morgan fingerprint density at radius 2 is 2.06 bits per heavy atom. The van der Waals surface area contributed by atoms with Gasteiger partial charge in [0, 0.05) is 12.1 Å². The Morgan fingerprint density at radius 1 is 1.38 bits per heavy atom. The Kier molecular flexibility index (Phi) is 5.77. The third-order valence-corrected chi connectivity index (χ3v) is 4.40. The van der Waals surface area contributed by atoms with Crippen molar-refractivity contribution >= 4 is 0 Å². The highest BCUT2D eigenvalue weighted by atomic mass is 15.0. The quantitative estimate of drug-likeness (QED) is 0.731. The molecule has 1 saturated carbocycles. The molecule has 0 heterocycles. The van der Waals surface area contributed by atoms with Crippen molar-refractivity contribution < 1.29 is 0 Å². The second-order valence-corrected chi connectivity index (χ2v) is 5.75. The Balaban J connectivity index is 2.46. The lowest BCUT2D eigenvalue weighted by Crippen LogP contribution is -2.55. The van der Waals surface area contributed by atoms with Crippen LogP contribution in [-0.4, -0.2) is 18.6 Å². The van der Waals surface area contributed by atoms with Crippen LogP contribution in [0.2, 0.25) is 0 Å². The summed E-state index contributed by atoms with van der Waals surface area (Å²) in [4.78, 5) is 0. The molecule has 1 rings (SSSR count). The zero-order valence-corrected chi connectivity index (χ0v) is 11.4. The van der Waals surface area contributed by atoms with Crippen LogP contribution in [0.4, 0.5) is 0 Å². The highest BCUT2D eigenvalue weighted by Crippen LogP contribution is 2.31. The van der Waals surface area contributed by atoms with Crippen LogP contribution in [0.5, 0.6) is 0 Å². The number of nitrogens with one attached hydrogen (secondary N) is 1. The van der Waals surface area contributed by atoms with E-state index < -0.39 is 0 Å². The van der Waals surface area contributed by atoms with E-state index in [1.807, 2.05) is 0 Å². The molecular weight excluding hydrogens is 196 g/mol. The van der Waals surface area contributed by atoms with Gasteiger partial charge in [0.2, 0.25) is 0 Å². The largest absolute Gasteiger partial charge is 0.329 e. The summed E-state index contributed by atoms with van der Waals surface area (Å²) in [6.07, 6.45) is 7.82. The second-order valence-electron chi connectivity index (χ2n) is 5.75. The van der Waals surface area contributed by atoms with Crippen LogP contribution in [0.1, 0.15) is 59.3 Å². The molecule has 0 saturated heterocycles. The van der Waals surface area contributed by atoms with E-state index in [4.69, 9.17) is 5.73 Å². The first-order valence-electron chi connectivity index (χ1n) is 7.11. The third kappa shape index (κ3) is 3.74. The van der Waals surface area contributed by atoms with Gasteiger partial charge in [-0.25, -0.2) is 0 Å². The van der Waals surface area contributed by atoms with E-state index >= 15 is 0 Å². The molecule has 0 amide bonds. The van der Waals surface area contributed by atoms with Gasteiger partial charge in [-0.3, -0.25) is 0 Å². The van der Waals surface area contributed by atoms with E-state index in [2.05, 4.69) is 26.1 Å². The van der Waals surface area contributed by atoms with Crippen molar-refractivity contribution in [2.75, 3.05) is 13.1 Å². The third-order valence-electron chi connectivity index (χ3n) is 4.40. The van der Waals surface area contributed by atoms with E-state index in [0.29, 0.717) is 0 Å². The van der Waals surface area contributed by atoms with Crippen LogP contribution < -0.4 is 11.1 Å². The number of nitrogens with two attached hydrogens (primary N) is 1. The fourth-order valence-electron chi connectivity index (χ4n) is 3.02. The molecule has 0 aliphatic heterocycles. The lowest BCUT2D eigenvalue weighted by molar-refractivity contribution is 0.183. The summed E-state index contributed by atoms with van der Waals surface area (Å²) >= 11 is 0. The minimum atomic E-state index is 0.250. The van der Waals surface area contributed by atoms with E-state index in [0.717, 1.165) is 24.9 Å². The molecule has 0 aromatic rings.